The van der Waals surface area contributed by atoms with Crippen LogP contribution in [-0.2, 0) is 22.9 Å². The predicted molar refractivity (Wildman–Crippen MR) is 75.4 cm³/mol. The SMILES string of the molecule is NCC1(N2Cc3ccccc3C2)CCCS(=O)(=O)C1. The van der Waals surface area contributed by atoms with Gasteiger partial charge in [0.25, 0.3) is 0 Å². The van der Waals surface area contributed by atoms with Crippen LogP contribution < -0.4 is 5.73 Å². The minimum absolute atomic E-state index is 0.213. The maximum Gasteiger partial charge on any atom is 0.152 e. The Balaban J connectivity index is 1.89. The molecule has 0 saturated carbocycles. The second kappa shape index (κ2) is 4.58. The Hall–Kier alpha value is -0.910. The summed E-state index contributed by atoms with van der Waals surface area (Å²) >= 11 is 0. The van der Waals surface area contributed by atoms with Crippen molar-refractivity contribution in [3.8, 4) is 0 Å². The Morgan fingerprint density at radius 3 is 2.37 bits per heavy atom. The van der Waals surface area contributed by atoms with Crippen LogP contribution in [0.5, 0.6) is 0 Å². The molecule has 1 atom stereocenters. The van der Waals surface area contributed by atoms with Crippen LogP contribution in [0, 0.1) is 0 Å². The standard InChI is InChI=1S/C14H20N2O2S/c15-10-14(6-3-7-19(17,18)11-14)16-8-12-4-1-2-5-13(12)9-16/h1-2,4-5H,3,6-11,15H2. The first-order valence-corrected chi connectivity index (χ1v) is 8.59. The maximum absolute atomic E-state index is 12.0. The molecule has 2 aliphatic rings. The van der Waals surface area contributed by atoms with Gasteiger partial charge in [0.05, 0.1) is 11.5 Å². The van der Waals surface area contributed by atoms with E-state index < -0.39 is 9.84 Å². The average molecular weight is 280 g/mol. The zero-order valence-electron chi connectivity index (χ0n) is 11.0. The number of sulfone groups is 1. The number of hydrogen-bond acceptors (Lipinski definition) is 4. The van der Waals surface area contributed by atoms with Crippen LogP contribution in [-0.4, -0.2) is 36.9 Å². The molecule has 0 radical (unpaired) electrons. The first-order valence-electron chi connectivity index (χ1n) is 6.77. The van der Waals surface area contributed by atoms with Crippen molar-refractivity contribution in [3.63, 3.8) is 0 Å². The largest absolute Gasteiger partial charge is 0.329 e. The van der Waals surface area contributed by atoms with E-state index in [1.165, 1.54) is 11.1 Å². The van der Waals surface area contributed by atoms with E-state index in [2.05, 4.69) is 17.0 Å². The molecular weight excluding hydrogens is 260 g/mol. The molecule has 104 valence electrons. The normalized spacial score (nSPS) is 30.2. The maximum atomic E-state index is 12.0. The molecule has 1 aromatic rings. The summed E-state index contributed by atoms with van der Waals surface area (Å²) < 4.78 is 23.9. The molecule has 19 heavy (non-hydrogen) atoms. The Bertz CT molecular complexity index is 560. The van der Waals surface area contributed by atoms with Crippen LogP contribution in [0.25, 0.3) is 0 Å². The van der Waals surface area contributed by atoms with Gasteiger partial charge in [0.15, 0.2) is 9.84 Å². The molecule has 0 spiro atoms. The summed E-state index contributed by atoms with van der Waals surface area (Å²) in [6.07, 6.45) is 1.61. The number of fused-ring (bicyclic) bond motifs is 1. The molecule has 3 rings (SSSR count). The van der Waals surface area contributed by atoms with E-state index in [1.54, 1.807) is 0 Å². The molecule has 1 fully saturated rings. The number of rotatable bonds is 2. The Labute approximate surface area is 114 Å². The monoisotopic (exact) mass is 280 g/mol. The smallest absolute Gasteiger partial charge is 0.152 e. The second-order valence-electron chi connectivity index (χ2n) is 5.75. The lowest BCUT2D eigenvalue weighted by Gasteiger charge is -2.43. The lowest BCUT2D eigenvalue weighted by atomic mass is 9.93. The molecule has 2 aliphatic heterocycles. The Morgan fingerprint density at radius 2 is 1.84 bits per heavy atom. The van der Waals surface area contributed by atoms with Gasteiger partial charge in [-0.3, -0.25) is 4.90 Å². The minimum Gasteiger partial charge on any atom is -0.329 e. The van der Waals surface area contributed by atoms with E-state index >= 15 is 0 Å². The summed E-state index contributed by atoms with van der Waals surface area (Å²) in [5, 5.41) is 0. The molecule has 0 amide bonds. The van der Waals surface area contributed by atoms with Crippen LogP contribution in [0.15, 0.2) is 24.3 Å². The lowest BCUT2D eigenvalue weighted by Crippen LogP contribution is -2.58. The van der Waals surface area contributed by atoms with Gasteiger partial charge in [-0.05, 0) is 24.0 Å². The third-order valence-electron chi connectivity index (χ3n) is 4.48. The molecule has 0 aliphatic carbocycles. The molecule has 1 saturated heterocycles. The van der Waals surface area contributed by atoms with Crippen molar-refractivity contribution in [1.29, 1.82) is 0 Å². The third kappa shape index (κ3) is 2.30. The van der Waals surface area contributed by atoms with Crippen LogP contribution in [0.4, 0.5) is 0 Å². The van der Waals surface area contributed by atoms with Gasteiger partial charge < -0.3 is 5.73 Å². The van der Waals surface area contributed by atoms with Crippen LogP contribution in [0.2, 0.25) is 0 Å². The van der Waals surface area contributed by atoms with Gasteiger partial charge in [0.2, 0.25) is 0 Å². The molecule has 5 heteroatoms. The topological polar surface area (TPSA) is 63.4 Å². The van der Waals surface area contributed by atoms with Crippen molar-refractivity contribution in [2.75, 3.05) is 18.1 Å². The van der Waals surface area contributed by atoms with E-state index in [4.69, 9.17) is 5.73 Å². The third-order valence-corrected chi connectivity index (χ3v) is 6.37. The van der Waals surface area contributed by atoms with Crippen molar-refractivity contribution >= 4 is 9.84 Å². The fourth-order valence-electron chi connectivity index (χ4n) is 3.38. The number of hydrogen-bond donors (Lipinski definition) is 1. The highest BCUT2D eigenvalue weighted by Crippen LogP contribution is 2.35. The van der Waals surface area contributed by atoms with E-state index in [0.717, 1.165) is 25.9 Å². The first-order chi connectivity index (χ1) is 9.05. The van der Waals surface area contributed by atoms with Crippen LogP contribution in [0.1, 0.15) is 24.0 Å². The summed E-state index contributed by atoms with van der Waals surface area (Å²) in [6, 6.07) is 8.32. The Morgan fingerprint density at radius 1 is 1.21 bits per heavy atom. The van der Waals surface area contributed by atoms with Gasteiger partial charge in [-0.2, -0.15) is 0 Å². The van der Waals surface area contributed by atoms with Gasteiger partial charge in [-0.1, -0.05) is 24.3 Å². The summed E-state index contributed by atoms with van der Waals surface area (Å²) in [7, 11) is -2.95. The van der Waals surface area contributed by atoms with Crippen molar-refractivity contribution < 1.29 is 8.42 Å². The van der Waals surface area contributed by atoms with Crippen molar-refractivity contribution in [2.45, 2.75) is 31.5 Å². The summed E-state index contributed by atoms with van der Waals surface area (Å²) in [5.74, 6) is 0.528. The number of nitrogens with zero attached hydrogens (tertiary/aromatic N) is 1. The molecular formula is C14H20N2O2S. The number of benzene rings is 1. The number of nitrogens with two attached hydrogens (primary N) is 1. The molecule has 0 bridgehead atoms. The molecule has 4 nitrogen and oxygen atoms in total. The molecule has 2 heterocycles. The van der Waals surface area contributed by atoms with Gasteiger partial charge >= 0.3 is 0 Å². The summed E-state index contributed by atoms with van der Waals surface area (Å²) in [6.45, 7) is 2.06. The second-order valence-corrected chi connectivity index (χ2v) is 7.93. The van der Waals surface area contributed by atoms with Crippen molar-refractivity contribution in [3.05, 3.63) is 35.4 Å². The van der Waals surface area contributed by atoms with Gasteiger partial charge in [-0.15, -0.1) is 0 Å². The summed E-state index contributed by atoms with van der Waals surface area (Å²) in [5.41, 5.74) is 8.21. The summed E-state index contributed by atoms with van der Waals surface area (Å²) in [4.78, 5) is 2.27. The van der Waals surface area contributed by atoms with Crippen molar-refractivity contribution in [2.24, 2.45) is 5.73 Å². The van der Waals surface area contributed by atoms with Gasteiger partial charge in [0, 0.05) is 25.2 Å². The van der Waals surface area contributed by atoms with Crippen LogP contribution in [0.3, 0.4) is 0 Å². The van der Waals surface area contributed by atoms with Gasteiger partial charge in [0.1, 0.15) is 0 Å². The zero-order chi connectivity index (χ0) is 13.5. The highest BCUT2D eigenvalue weighted by molar-refractivity contribution is 7.91. The first kappa shape index (κ1) is 13.1. The highest BCUT2D eigenvalue weighted by Gasteiger charge is 2.44. The molecule has 0 aromatic heterocycles. The minimum atomic E-state index is -2.95. The van der Waals surface area contributed by atoms with Crippen LogP contribution >= 0.6 is 0 Å². The van der Waals surface area contributed by atoms with E-state index in [1.807, 2.05) is 12.1 Å². The molecule has 2 N–H and O–H groups in total. The van der Waals surface area contributed by atoms with E-state index in [9.17, 15) is 8.42 Å². The molecule has 1 aromatic carbocycles. The molecule has 1 unspecified atom stereocenters. The van der Waals surface area contributed by atoms with E-state index in [0.29, 0.717) is 12.3 Å². The van der Waals surface area contributed by atoms with Gasteiger partial charge in [-0.25, -0.2) is 8.42 Å². The fraction of sp³-hybridized carbons (Fsp3) is 0.571. The van der Waals surface area contributed by atoms with Crippen molar-refractivity contribution in [1.82, 2.24) is 4.90 Å². The van der Waals surface area contributed by atoms with E-state index in [-0.39, 0.29) is 11.3 Å². The zero-order valence-corrected chi connectivity index (χ0v) is 11.8. The Kier molecular flexibility index (Phi) is 3.15. The lowest BCUT2D eigenvalue weighted by molar-refractivity contribution is 0.0974. The predicted octanol–water partition coefficient (Wildman–Crippen LogP) is 0.908. The fourth-order valence-corrected chi connectivity index (χ4v) is 5.37. The average Bonchev–Trinajstić information content (AvgIpc) is 2.81. The quantitative estimate of drug-likeness (QED) is 0.874. The highest BCUT2D eigenvalue weighted by atomic mass is 32.2.